The fourth-order valence-corrected chi connectivity index (χ4v) is 15.3. The Hall–Kier alpha value is -12.6. The van der Waals surface area contributed by atoms with Crippen LogP contribution in [0.4, 0.5) is 0 Å². The molecule has 526 valence electrons. The third-order valence-electron chi connectivity index (χ3n) is 20.1. The Kier molecular flexibility index (Phi) is 19.9. The number of para-hydroxylation sites is 2. The van der Waals surface area contributed by atoms with E-state index in [1.54, 1.807) is 0 Å². The maximum atomic E-state index is 6.57. The van der Waals surface area contributed by atoms with Crippen molar-refractivity contribution >= 4 is 77.6 Å². The minimum atomic E-state index is -0.470. The molecule has 19 rings (SSSR count). The van der Waals surface area contributed by atoms with Crippen molar-refractivity contribution < 1.29 is 13.7 Å². The largest absolute Gasteiger partial charge is 0.498 e. The van der Waals surface area contributed by atoms with E-state index in [9.17, 15) is 0 Å². The summed E-state index contributed by atoms with van der Waals surface area (Å²) in [5, 5.41) is 5.37. The third kappa shape index (κ3) is 14.6. The van der Waals surface area contributed by atoms with E-state index in [2.05, 4.69) is 237 Å². The van der Waals surface area contributed by atoms with E-state index in [4.69, 9.17) is 40.3 Å². The first kappa shape index (κ1) is 70.7. The highest BCUT2D eigenvalue weighted by Gasteiger charge is 2.52. The van der Waals surface area contributed by atoms with Crippen molar-refractivity contribution in [2.75, 3.05) is 0 Å². The maximum Gasteiger partial charge on any atom is 0.498 e. The minimum Gasteiger partial charge on any atom is -0.456 e. The normalized spacial score (nSPS) is 12.8. The molecule has 0 unspecified atom stereocenters. The molecule has 0 amide bonds. The molecule has 0 radical (unpaired) electrons. The maximum absolute atomic E-state index is 6.57. The molecule has 0 atom stereocenters. The van der Waals surface area contributed by atoms with Crippen molar-refractivity contribution in [1.82, 2.24) is 29.9 Å². The molecular formula is C97H74BClN6O3S. The number of thiophene rings is 1. The van der Waals surface area contributed by atoms with Crippen LogP contribution in [0.5, 0.6) is 0 Å². The van der Waals surface area contributed by atoms with Crippen molar-refractivity contribution in [2.45, 2.75) is 46.3 Å². The number of aromatic nitrogens is 6. The number of rotatable bonds is 12. The van der Waals surface area contributed by atoms with E-state index in [0.717, 1.165) is 77.5 Å². The van der Waals surface area contributed by atoms with Gasteiger partial charge in [0.25, 0.3) is 0 Å². The van der Waals surface area contributed by atoms with Crippen molar-refractivity contribution in [3.63, 3.8) is 0 Å². The Morgan fingerprint density at radius 3 is 0.982 bits per heavy atom. The van der Waals surface area contributed by atoms with Crippen LogP contribution in [-0.2, 0) is 9.31 Å². The Morgan fingerprint density at radius 1 is 0.266 bits per heavy atom. The summed E-state index contributed by atoms with van der Waals surface area (Å²) >= 11 is 8.00. The second kappa shape index (κ2) is 30.7. The molecule has 14 aromatic carbocycles. The van der Waals surface area contributed by atoms with Gasteiger partial charge in [0, 0.05) is 80.4 Å². The van der Waals surface area contributed by atoms with Gasteiger partial charge in [0.2, 0.25) is 0 Å². The standard InChI is InChI=1S/C45H29N3S.C30H27BO3.C21H14ClN3.CH4/c1-4-13-30(14-5-1)31-25-27-32(28-26-31)37-21-11-23-39-40-24-12-22-38(42(40)49-41(37)39)35-19-10-20-36(29-35)45-47-43(33-15-6-2-7-16-33)46-44(48-45)34-17-8-3-9-18-34;1-29(2)30(3,4)34-31(33-29)26-15-9-14-25-24-13-8-12-23(27(24)32-28(25)26)22-18-16-21(17-19-22)20-10-6-5-7-11-20;22-18-13-7-12-17(14-18)21-24-19(15-8-3-1-4-9-15)23-20(25-21)16-10-5-2-6-11-16;/h1-29H;5-19H,1-4H3;1-14H;1H4. The molecule has 1 saturated heterocycles. The summed E-state index contributed by atoms with van der Waals surface area (Å²) in [6.07, 6.45) is 0. The Morgan fingerprint density at radius 2 is 0.560 bits per heavy atom. The van der Waals surface area contributed by atoms with Gasteiger partial charge in [0.1, 0.15) is 11.2 Å². The third-order valence-corrected chi connectivity index (χ3v) is 21.6. The van der Waals surface area contributed by atoms with Gasteiger partial charge in [-0.25, -0.2) is 29.9 Å². The number of halogens is 1. The van der Waals surface area contributed by atoms with Crippen LogP contribution in [0.2, 0.25) is 5.02 Å². The van der Waals surface area contributed by atoms with Crippen LogP contribution in [0.25, 0.3) is 166 Å². The molecule has 1 aliphatic rings. The van der Waals surface area contributed by atoms with Gasteiger partial charge in [0.05, 0.1) is 11.2 Å². The van der Waals surface area contributed by atoms with Crippen LogP contribution in [0.15, 0.2) is 356 Å². The summed E-state index contributed by atoms with van der Waals surface area (Å²) in [7, 11) is -0.470. The molecule has 0 bridgehead atoms. The zero-order valence-corrected chi connectivity index (χ0v) is 61.3. The fraction of sp³-hybridized carbons (Fsp3) is 0.0722. The van der Waals surface area contributed by atoms with Crippen LogP contribution in [0, 0.1) is 0 Å². The van der Waals surface area contributed by atoms with Crippen molar-refractivity contribution in [1.29, 1.82) is 0 Å². The number of furan rings is 1. The number of fused-ring (bicyclic) bond motifs is 6. The molecule has 12 heteroatoms. The summed E-state index contributed by atoms with van der Waals surface area (Å²) < 4.78 is 21.8. The van der Waals surface area contributed by atoms with E-state index in [1.807, 2.05) is 169 Å². The quantitative estimate of drug-likeness (QED) is 0.110. The molecule has 109 heavy (non-hydrogen) atoms. The molecular weight excluding hydrogens is 1380 g/mol. The van der Waals surface area contributed by atoms with Gasteiger partial charge in [0.15, 0.2) is 34.9 Å². The van der Waals surface area contributed by atoms with Gasteiger partial charge in [-0.15, -0.1) is 11.3 Å². The first-order valence-electron chi connectivity index (χ1n) is 36.1. The average molecular weight is 1450 g/mol. The zero-order chi connectivity index (χ0) is 73.1. The van der Waals surface area contributed by atoms with E-state index in [1.165, 1.54) is 59.1 Å². The van der Waals surface area contributed by atoms with Gasteiger partial charge < -0.3 is 13.7 Å². The van der Waals surface area contributed by atoms with E-state index >= 15 is 0 Å². The van der Waals surface area contributed by atoms with Crippen LogP contribution >= 0.6 is 22.9 Å². The molecule has 0 aliphatic carbocycles. The highest BCUT2D eigenvalue weighted by Crippen LogP contribution is 2.46. The van der Waals surface area contributed by atoms with Crippen molar-refractivity contribution in [2.24, 2.45) is 0 Å². The van der Waals surface area contributed by atoms with Crippen LogP contribution in [-0.4, -0.2) is 48.2 Å². The lowest BCUT2D eigenvalue weighted by atomic mass is 9.78. The molecule has 1 aliphatic heterocycles. The summed E-state index contributed by atoms with van der Waals surface area (Å²) in [4.78, 5) is 28.8. The first-order valence-corrected chi connectivity index (χ1v) is 37.3. The Bertz CT molecular complexity index is 6120. The lowest BCUT2D eigenvalue weighted by Crippen LogP contribution is -2.41. The van der Waals surface area contributed by atoms with Gasteiger partial charge >= 0.3 is 7.12 Å². The molecule has 9 nitrogen and oxygen atoms in total. The molecule has 4 aromatic heterocycles. The highest BCUT2D eigenvalue weighted by atomic mass is 35.5. The minimum absolute atomic E-state index is 0. The average Bonchev–Trinajstić information content (AvgIpc) is 1.62. The summed E-state index contributed by atoms with van der Waals surface area (Å²) in [5.41, 5.74) is 19.3. The monoisotopic (exact) mass is 1450 g/mol. The van der Waals surface area contributed by atoms with E-state index in [-0.39, 0.29) is 7.43 Å². The van der Waals surface area contributed by atoms with Crippen LogP contribution in [0.3, 0.4) is 0 Å². The van der Waals surface area contributed by atoms with Crippen LogP contribution < -0.4 is 5.46 Å². The van der Waals surface area contributed by atoms with Crippen LogP contribution in [0.1, 0.15) is 35.1 Å². The summed E-state index contributed by atoms with van der Waals surface area (Å²) in [6.45, 7) is 8.29. The van der Waals surface area contributed by atoms with E-state index in [0.29, 0.717) is 40.0 Å². The second-order valence-electron chi connectivity index (χ2n) is 27.6. The van der Waals surface area contributed by atoms with Gasteiger partial charge in [-0.2, -0.15) is 0 Å². The molecule has 0 spiro atoms. The van der Waals surface area contributed by atoms with Crippen molar-refractivity contribution in [3.8, 4) is 124 Å². The van der Waals surface area contributed by atoms with Gasteiger partial charge in [-0.05, 0) is 96.0 Å². The summed E-state index contributed by atoms with van der Waals surface area (Å²) in [5.74, 6) is 3.86. The molecule has 0 saturated carbocycles. The highest BCUT2D eigenvalue weighted by molar-refractivity contribution is 7.26. The number of hydrogen-bond donors (Lipinski definition) is 0. The molecule has 18 aromatic rings. The lowest BCUT2D eigenvalue weighted by Gasteiger charge is -2.32. The first-order chi connectivity index (χ1) is 52.9. The smallest absolute Gasteiger partial charge is 0.456 e. The lowest BCUT2D eigenvalue weighted by molar-refractivity contribution is 0.00578. The number of hydrogen-bond acceptors (Lipinski definition) is 10. The van der Waals surface area contributed by atoms with Gasteiger partial charge in [-0.3, -0.25) is 0 Å². The predicted molar refractivity (Wildman–Crippen MR) is 454 cm³/mol. The zero-order valence-electron chi connectivity index (χ0n) is 59.8. The SMILES string of the molecule is C.CC1(C)OB(c2cccc3c2oc2c(-c4ccc(-c5ccccc5)cc4)cccc23)OC1(C)C.Clc1cccc(-c2nc(-c3ccccc3)nc(-c3ccccc3)n2)c1.c1ccc(-c2ccc(-c3cccc4c3sc3c(-c5cccc(-c6nc(-c7ccccc7)nc(-c7ccccc7)n6)c5)cccc34)cc2)cc1. The predicted octanol–water partition coefficient (Wildman–Crippen LogP) is 25.6. The van der Waals surface area contributed by atoms with Gasteiger partial charge in [-0.1, -0.05) is 353 Å². The summed E-state index contributed by atoms with van der Waals surface area (Å²) in [6, 6.07) is 121. The molecule has 5 heterocycles. The fourth-order valence-electron chi connectivity index (χ4n) is 13.8. The number of benzene rings is 14. The van der Waals surface area contributed by atoms with E-state index < -0.39 is 18.3 Å². The molecule has 0 N–H and O–H groups in total. The Labute approximate surface area is 644 Å². The molecule has 1 fully saturated rings. The Balaban J connectivity index is 0.000000132. The second-order valence-corrected chi connectivity index (χ2v) is 29.1. The topological polar surface area (TPSA) is 109 Å². The van der Waals surface area contributed by atoms with Crippen molar-refractivity contribution in [3.05, 3.63) is 357 Å². The number of nitrogens with zero attached hydrogens (tertiary/aromatic N) is 6.